The summed E-state index contributed by atoms with van der Waals surface area (Å²) in [6.07, 6.45) is 3.59. The van der Waals surface area contributed by atoms with E-state index < -0.39 is 0 Å². The fourth-order valence-electron chi connectivity index (χ4n) is 2.06. The monoisotopic (exact) mass is 305 g/mol. The van der Waals surface area contributed by atoms with Crippen molar-refractivity contribution in [3.8, 4) is 5.75 Å². The van der Waals surface area contributed by atoms with Crippen molar-refractivity contribution in [2.45, 2.75) is 26.7 Å². The number of halogens is 1. The van der Waals surface area contributed by atoms with Gasteiger partial charge in [-0.05, 0) is 25.0 Å². The molecule has 1 N–H and O–H groups in total. The molecule has 0 aliphatic heterocycles. The van der Waals surface area contributed by atoms with Crippen molar-refractivity contribution in [3.05, 3.63) is 46.9 Å². The summed E-state index contributed by atoms with van der Waals surface area (Å²) in [5.41, 5.74) is 2.10. The summed E-state index contributed by atoms with van der Waals surface area (Å²) < 4.78 is 5.84. The van der Waals surface area contributed by atoms with Crippen LogP contribution in [0.25, 0.3) is 0 Å². The van der Waals surface area contributed by atoms with Crippen molar-refractivity contribution < 1.29 is 4.74 Å². The van der Waals surface area contributed by atoms with Crippen LogP contribution >= 0.6 is 11.6 Å². The molecule has 0 aliphatic rings. The minimum Gasteiger partial charge on any atom is -0.491 e. The van der Waals surface area contributed by atoms with Crippen LogP contribution in [0.5, 0.6) is 5.75 Å². The Balaban J connectivity index is 1.86. The number of aryl methyl sites for hydroxylation is 1. The lowest BCUT2D eigenvalue weighted by Crippen LogP contribution is -2.14. The van der Waals surface area contributed by atoms with E-state index in [0.717, 1.165) is 30.0 Å². The summed E-state index contributed by atoms with van der Waals surface area (Å²) in [5.74, 6) is 1.71. The Kier molecular flexibility index (Phi) is 5.81. The quantitative estimate of drug-likeness (QED) is 0.623. The van der Waals surface area contributed by atoms with Crippen LogP contribution in [0.4, 0.5) is 5.82 Å². The third kappa shape index (κ3) is 4.33. The molecule has 1 aromatic carbocycles. The third-order valence-electron chi connectivity index (χ3n) is 3.17. The number of hydrogen-bond donors (Lipinski definition) is 1. The zero-order valence-electron chi connectivity index (χ0n) is 12.4. The van der Waals surface area contributed by atoms with Crippen molar-refractivity contribution in [2.75, 3.05) is 18.5 Å². The summed E-state index contributed by atoms with van der Waals surface area (Å²) in [7, 11) is 0. The maximum Gasteiger partial charge on any atom is 0.137 e. The van der Waals surface area contributed by atoms with Crippen LogP contribution in [0.2, 0.25) is 5.15 Å². The molecule has 0 unspecified atom stereocenters. The van der Waals surface area contributed by atoms with Gasteiger partial charge in [-0.25, -0.2) is 9.97 Å². The normalized spacial score (nSPS) is 10.4. The highest BCUT2D eigenvalue weighted by Gasteiger charge is 2.05. The predicted molar refractivity (Wildman–Crippen MR) is 86.2 cm³/mol. The van der Waals surface area contributed by atoms with Crippen LogP contribution in [0.15, 0.2) is 30.6 Å². The maximum absolute atomic E-state index is 5.96. The van der Waals surface area contributed by atoms with Gasteiger partial charge in [0.25, 0.3) is 0 Å². The average Bonchev–Trinajstić information content (AvgIpc) is 2.49. The maximum atomic E-state index is 5.96. The van der Waals surface area contributed by atoms with Crippen molar-refractivity contribution in [1.82, 2.24) is 9.97 Å². The second-order valence-electron chi connectivity index (χ2n) is 4.77. The number of nitrogens with zero attached hydrogens (tertiary/aromatic N) is 2. The molecule has 2 aromatic rings. The number of hydrogen-bond acceptors (Lipinski definition) is 4. The molecule has 5 heteroatoms. The fraction of sp³-hybridized carbons (Fsp3) is 0.375. The molecule has 0 amide bonds. The molecule has 112 valence electrons. The first kappa shape index (κ1) is 15.6. The van der Waals surface area contributed by atoms with Crippen LogP contribution in [0, 0.1) is 6.92 Å². The molecule has 21 heavy (non-hydrogen) atoms. The van der Waals surface area contributed by atoms with Gasteiger partial charge in [-0.1, -0.05) is 43.1 Å². The fourth-order valence-corrected chi connectivity index (χ4v) is 2.19. The van der Waals surface area contributed by atoms with Crippen molar-refractivity contribution in [3.63, 3.8) is 0 Å². The predicted octanol–water partition coefficient (Wildman–Crippen LogP) is 3.88. The summed E-state index contributed by atoms with van der Waals surface area (Å²) >= 11 is 5.96. The number of benzene rings is 1. The lowest BCUT2D eigenvalue weighted by atomic mass is 10.1. The minimum absolute atomic E-state index is 0.474. The van der Waals surface area contributed by atoms with E-state index in [1.54, 1.807) is 0 Å². The first-order chi connectivity index (χ1) is 10.2. The molecular formula is C16H20ClN3O. The Labute approximate surface area is 130 Å². The summed E-state index contributed by atoms with van der Waals surface area (Å²) in [6.45, 7) is 5.29. The van der Waals surface area contributed by atoms with Gasteiger partial charge in [0.1, 0.15) is 29.7 Å². The molecule has 4 nitrogen and oxygen atoms in total. The number of nitrogens with one attached hydrogen (secondary N) is 1. The first-order valence-corrected chi connectivity index (χ1v) is 7.51. The number of ether oxygens (including phenoxy) is 1. The van der Waals surface area contributed by atoms with Gasteiger partial charge in [-0.3, -0.25) is 0 Å². The molecule has 1 aromatic heterocycles. The number of anilines is 1. The molecular weight excluding hydrogens is 286 g/mol. The molecule has 0 bridgehead atoms. The second-order valence-corrected chi connectivity index (χ2v) is 5.13. The second kappa shape index (κ2) is 7.84. The minimum atomic E-state index is 0.474. The molecule has 0 saturated carbocycles. The highest BCUT2D eigenvalue weighted by atomic mass is 35.5. The highest BCUT2D eigenvalue weighted by molar-refractivity contribution is 6.30. The van der Waals surface area contributed by atoms with Gasteiger partial charge in [0.2, 0.25) is 0 Å². The molecule has 2 rings (SSSR count). The summed E-state index contributed by atoms with van der Waals surface area (Å²) in [5, 5.41) is 3.69. The van der Waals surface area contributed by atoms with Crippen LogP contribution in [-0.2, 0) is 6.42 Å². The molecule has 0 atom stereocenters. The smallest absolute Gasteiger partial charge is 0.137 e. The van der Waals surface area contributed by atoms with Crippen LogP contribution in [-0.4, -0.2) is 23.1 Å². The van der Waals surface area contributed by atoms with Gasteiger partial charge in [0.05, 0.1) is 6.54 Å². The standard InChI is InChI=1S/C16H20ClN3O/c1-3-6-13-7-4-5-8-14(13)21-10-9-18-16-12(2)15(17)19-11-20-16/h4-5,7-8,11H,3,6,9-10H2,1-2H3,(H,18,19,20). The molecule has 0 fully saturated rings. The van der Waals surface area contributed by atoms with Crippen molar-refractivity contribution in [2.24, 2.45) is 0 Å². The van der Waals surface area contributed by atoms with Gasteiger partial charge in [0.15, 0.2) is 0 Å². The van der Waals surface area contributed by atoms with E-state index in [9.17, 15) is 0 Å². The summed E-state index contributed by atoms with van der Waals surface area (Å²) in [4.78, 5) is 8.10. The first-order valence-electron chi connectivity index (χ1n) is 7.14. The zero-order chi connectivity index (χ0) is 15.1. The van der Waals surface area contributed by atoms with E-state index in [1.807, 2.05) is 25.1 Å². The van der Waals surface area contributed by atoms with E-state index in [0.29, 0.717) is 18.3 Å². The Morgan fingerprint density at radius 3 is 2.86 bits per heavy atom. The van der Waals surface area contributed by atoms with Gasteiger partial charge in [-0.2, -0.15) is 0 Å². The molecule has 0 aliphatic carbocycles. The zero-order valence-corrected chi connectivity index (χ0v) is 13.2. The van der Waals surface area contributed by atoms with E-state index in [4.69, 9.17) is 16.3 Å². The Hall–Kier alpha value is -1.81. The average molecular weight is 306 g/mol. The lowest BCUT2D eigenvalue weighted by Gasteiger charge is -2.12. The largest absolute Gasteiger partial charge is 0.491 e. The Morgan fingerprint density at radius 2 is 2.05 bits per heavy atom. The van der Waals surface area contributed by atoms with Crippen LogP contribution in [0.3, 0.4) is 0 Å². The highest BCUT2D eigenvalue weighted by Crippen LogP contribution is 2.20. The van der Waals surface area contributed by atoms with Gasteiger partial charge < -0.3 is 10.1 Å². The van der Waals surface area contributed by atoms with Gasteiger partial charge in [-0.15, -0.1) is 0 Å². The number of aromatic nitrogens is 2. The van der Waals surface area contributed by atoms with E-state index in [-0.39, 0.29) is 0 Å². The van der Waals surface area contributed by atoms with E-state index >= 15 is 0 Å². The van der Waals surface area contributed by atoms with Gasteiger partial charge in [0, 0.05) is 5.56 Å². The van der Waals surface area contributed by atoms with E-state index in [1.165, 1.54) is 11.9 Å². The van der Waals surface area contributed by atoms with Gasteiger partial charge >= 0.3 is 0 Å². The Bertz CT molecular complexity index is 589. The third-order valence-corrected chi connectivity index (χ3v) is 3.55. The number of para-hydroxylation sites is 1. The lowest BCUT2D eigenvalue weighted by molar-refractivity contribution is 0.329. The van der Waals surface area contributed by atoms with Crippen LogP contribution in [0.1, 0.15) is 24.5 Å². The molecule has 0 saturated heterocycles. The van der Waals surface area contributed by atoms with E-state index in [2.05, 4.69) is 28.3 Å². The van der Waals surface area contributed by atoms with Crippen molar-refractivity contribution in [1.29, 1.82) is 0 Å². The van der Waals surface area contributed by atoms with Crippen molar-refractivity contribution >= 4 is 17.4 Å². The summed E-state index contributed by atoms with van der Waals surface area (Å²) in [6, 6.07) is 8.16. The Morgan fingerprint density at radius 1 is 1.24 bits per heavy atom. The molecule has 1 heterocycles. The van der Waals surface area contributed by atoms with Crippen LogP contribution < -0.4 is 10.1 Å². The molecule has 0 radical (unpaired) electrons. The SMILES string of the molecule is CCCc1ccccc1OCCNc1ncnc(Cl)c1C. The number of rotatable bonds is 7. The topological polar surface area (TPSA) is 47.0 Å². The molecule has 0 spiro atoms.